The van der Waals surface area contributed by atoms with Crippen molar-refractivity contribution in [1.82, 2.24) is 9.62 Å². The molecule has 0 atom stereocenters. The molecule has 1 N–H and O–H groups in total. The summed E-state index contributed by atoms with van der Waals surface area (Å²) in [6.07, 6.45) is 1.71. The average Bonchev–Trinajstić information content (AvgIpc) is 2.54. The first-order valence-electron chi connectivity index (χ1n) is 7.37. The SMILES string of the molecule is CNC1CCN(S(=O)(=O)c2ccc3cc(Br)ccc3c2)CC1. The molecule has 1 heterocycles. The highest BCUT2D eigenvalue weighted by molar-refractivity contribution is 9.10. The molecule has 0 amide bonds. The van der Waals surface area contributed by atoms with Crippen molar-refractivity contribution in [1.29, 1.82) is 0 Å². The van der Waals surface area contributed by atoms with Gasteiger partial charge in [-0.05, 0) is 54.9 Å². The standard InChI is InChI=1S/C16H19BrN2O2S/c1-18-15-6-8-19(9-7-15)22(20,21)16-5-3-12-10-14(17)4-2-13(12)11-16/h2-5,10-11,15,18H,6-9H2,1H3. The Morgan fingerprint density at radius 2 is 1.73 bits per heavy atom. The Hall–Kier alpha value is -0.950. The van der Waals surface area contributed by atoms with Gasteiger partial charge in [-0.3, -0.25) is 0 Å². The monoisotopic (exact) mass is 382 g/mol. The zero-order valence-corrected chi connectivity index (χ0v) is 14.8. The van der Waals surface area contributed by atoms with E-state index in [2.05, 4.69) is 21.2 Å². The van der Waals surface area contributed by atoms with Gasteiger partial charge in [-0.2, -0.15) is 4.31 Å². The average molecular weight is 383 g/mol. The van der Waals surface area contributed by atoms with Crippen molar-refractivity contribution in [2.24, 2.45) is 0 Å². The van der Waals surface area contributed by atoms with Crippen LogP contribution in [0.2, 0.25) is 0 Å². The molecule has 4 nitrogen and oxygen atoms in total. The maximum atomic E-state index is 12.8. The Morgan fingerprint density at radius 1 is 1.09 bits per heavy atom. The summed E-state index contributed by atoms with van der Waals surface area (Å²) in [7, 11) is -1.47. The first kappa shape index (κ1) is 15.9. The summed E-state index contributed by atoms with van der Waals surface area (Å²) >= 11 is 3.43. The molecule has 1 aliphatic heterocycles. The highest BCUT2D eigenvalue weighted by Crippen LogP contribution is 2.26. The minimum atomic E-state index is -3.40. The molecule has 2 aromatic carbocycles. The van der Waals surface area contributed by atoms with Crippen LogP contribution in [0.25, 0.3) is 10.8 Å². The number of hydrogen-bond acceptors (Lipinski definition) is 3. The molecule has 118 valence electrons. The maximum Gasteiger partial charge on any atom is 0.243 e. The van der Waals surface area contributed by atoms with Crippen molar-refractivity contribution >= 4 is 36.7 Å². The molecule has 0 unspecified atom stereocenters. The number of nitrogens with zero attached hydrogens (tertiary/aromatic N) is 1. The summed E-state index contributed by atoms with van der Waals surface area (Å²) in [4.78, 5) is 0.380. The van der Waals surface area contributed by atoms with E-state index in [1.165, 1.54) is 0 Å². The fourth-order valence-electron chi connectivity index (χ4n) is 2.89. The highest BCUT2D eigenvalue weighted by Gasteiger charge is 2.28. The number of piperidine rings is 1. The van der Waals surface area contributed by atoms with Crippen LogP contribution in [0.5, 0.6) is 0 Å². The minimum Gasteiger partial charge on any atom is -0.317 e. The van der Waals surface area contributed by atoms with Crippen molar-refractivity contribution in [3.63, 3.8) is 0 Å². The van der Waals surface area contributed by atoms with Gasteiger partial charge in [0.2, 0.25) is 10.0 Å². The van der Waals surface area contributed by atoms with E-state index in [-0.39, 0.29) is 0 Å². The van der Waals surface area contributed by atoms with Gasteiger partial charge >= 0.3 is 0 Å². The zero-order chi connectivity index (χ0) is 15.7. The molecule has 1 aliphatic rings. The topological polar surface area (TPSA) is 49.4 Å². The lowest BCUT2D eigenvalue weighted by atomic mass is 10.1. The van der Waals surface area contributed by atoms with Gasteiger partial charge in [0.05, 0.1) is 4.90 Å². The van der Waals surface area contributed by atoms with Gasteiger partial charge in [0.15, 0.2) is 0 Å². The van der Waals surface area contributed by atoms with Gasteiger partial charge in [-0.15, -0.1) is 0 Å². The number of benzene rings is 2. The molecule has 1 fully saturated rings. The lowest BCUT2D eigenvalue weighted by Crippen LogP contribution is -2.43. The molecule has 0 saturated carbocycles. The Bertz CT molecular complexity index is 784. The van der Waals surface area contributed by atoms with Gasteiger partial charge in [0, 0.05) is 23.6 Å². The second-order valence-electron chi connectivity index (χ2n) is 5.62. The Kier molecular flexibility index (Phi) is 4.54. The van der Waals surface area contributed by atoms with E-state index in [4.69, 9.17) is 0 Å². The van der Waals surface area contributed by atoms with E-state index in [0.29, 0.717) is 24.0 Å². The van der Waals surface area contributed by atoms with Gasteiger partial charge in [-0.25, -0.2) is 8.42 Å². The number of hydrogen-bond donors (Lipinski definition) is 1. The summed E-state index contributed by atoms with van der Waals surface area (Å²) in [6, 6.07) is 11.6. The van der Waals surface area contributed by atoms with Crippen molar-refractivity contribution in [2.75, 3.05) is 20.1 Å². The van der Waals surface area contributed by atoms with Crippen LogP contribution < -0.4 is 5.32 Å². The molecule has 0 radical (unpaired) electrons. The number of sulfonamides is 1. The molecule has 2 aromatic rings. The van der Waals surface area contributed by atoms with Crippen LogP contribution in [-0.2, 0) is 10.0 Å². The molecule has 22 heavy (non-hydrogen) atoms. The number of rotatable bonds is 3. The molecular weight excluding hydrogens is 364 g/mol. The summed E-state index contributed by atoms with van der Waals surface area (Å²) < 4.78 is 28.2. The van der Waals surface area contributed by atoms with Crippen molar-refractivity contribution < 1.29 is 8.42 Å². The molecule has 0 aromatic heterocycles. The van der Waals surface area contributed by atoms with Crippen LogP contribution in [0.3, 0.4) is 0 Å². The van der Waals surface area contributed by atoms with Crippen molar-refractivity contribution in [3.05, 3.63) is 40.9 Å². The molecule has 0 aliphatic carbocycles. The first-order chi connectivity index (χ1) is 10.5. The first-order valence-corrected chi connectivity index (χ1v) is 9.61. The number of halogens is 1. The molecule has 3 rings (SSSR count). The maximum absolute atomic E-state index is 12.8. The smallest absolute Gasteiger partial charge is 0.243 e. The van der Waals surface area contributed by atoms with E-state index in [1.807, 2.05) is 31.3 Å². The van der Waals surface area contributed by atoms with E-state index >= 15 is 0 Å². The molecule has 0 bridgehead atoms. The molecule has 0 spiro atoms. The summed E-state index contributed by atoms with van der Waals surface area (Å²) in [6.45, 7) is 1.15. The van der Waals surface area contributed by atoms with Crippen LogP contribution in [-0.4, -0.2) is 38.9 Å². The van der Waals surface area contributed by atoms with Crippen LogP contribution in [0.1, 0.15) is 12.8 Å². The Balaban J connectivity index is 1.90. The van der Waals surface area contributed by atoms with Crippen LogP contribution in [0.4, 0.5) is 0 Å². The van der Waals surface area contributed by atoms with Gasteiger partial charge < -0.3 is 5.32 Å². The summed E-state index contributed by atoms with van der Waals surface area (Å²) in [5, 5.41) is 5.19. The second-order valence-corrected chi connectivity index (χ2v) is 8.47. The van der Waals surface area contributed by atoms with Crippen LogP contribution in [0, 0.1) is 0 Å². The number of fused-ring (bicyclic) bond motifs is 1. The van der Waals surface area contributed by atoms with E-state index in [0.717, 1.165) is 28.1 Å². The third-order valence-corrected chi connectivity index (χ3v) is 6.66. The third-order valence-electron chi connectivity index (χ3n) is 4.27. The number of nitrogens with one attached hydrogen (secondary N) is 1. The van der Waals surface area contributed by atoms with Crippen molar-refractivity contribution in [2.45, 2.75) is 23.8 Å². The van der Waals surface area contributed by atoms with Crippen LogP contribution in [0.15, 0.2) is 45.8 Å². The normalized spacial score (nSPS) is 17.9. The lowest BCUT2D eigenvalue weighted by molar-refractivity contribution is 0.298. The third kappa shape index (κ3) is 3.06. The predicted octanol–water partition coefficient (Wildman–Crippen LogP) is 2.97. The predicted molar refractivity (Wildman–Crippen MR) is 92.5 cm³/mol. The molecule has 1 saturated heterocycles. The minimum absolute atomic E-state index is 0.380. The summed E-state index contributed by atoms with van der Waals surface area (Å²) in [5.41, 5.74) is 0. The zero-order valence-electron chi connectivity index (χ0n) is 12.4. The quantitative estimate of drug-likeness (QED) is 0.887. The van der Waals surface area contributed by atoms with Gasteiger partial charge in [0.1, 0.15) is 0 Å². The summed E-state index contributed by atoms with van der Waals surface area (Å²) in [5.74, 6) is 0. The molecule has 6 heteroatoms. The second kappa shape index (κ2) is 6.28. The Labute approximate surface area is 139 Å². The van der Waals surface area contributed by atoms with Gasteiger partial charge in [-0.1, -0.05) is 28.1 Å². The van der Waals surface area contributed by atoms with E-state index in [1.54, 1.807) is 16.4 Å². The van der Waals surface area contributed by atoms with Crippen molar-refractivity contribution in [3.8, 4) is 0 Å². The highest BCUT2D eigenvalue weighted by atomic mass is 79.9. The fraction of sp³-hybridized carbons (Fsp3) is 0.375. The van der Waals surface area contributed by atoms with E-state index < -0.39 is 10.0 Å². The Morgan fingerprint density at radius 3 is 2.41 bits per heavy atom. The fourth-order valence-corrected chi connectivity index (χ4v) is 4.77. The largest absolute Gasteiger partial charge is 0.317 e. The lowest BCUT2D eigenvalue weighted by Gasteiger charge is -2.31. The van der Waals surface area contributed by atoms with Crippen LogP contribution >= 0.6 is 15.9 Å². The van der Waals surface area contributed by atoms with Gasteiger partial charge in [0.25, 0.3) is 0 Å². The molecular formula is C16H19BrN2O2S. The van der Waals surface area contributed by atoms with E-state index in [9.17, 15) is 8.42 Å².